The Morgan fingerprint density at radius 2 is 1.92 bits per heavy atom. The normalized spacial score (nSPS) is 17.1. The average molecular weight is 332 g/mol. The van der Waals surface area contributed by atoms with Gasteiger partial charge >= 0.3 is 6.03 Å². The topological polar surface area (TPSA) is 73.5 Å². The number of nitrogens with zero attached hydrogens (tertiary/aromatic N) is 1. The Hall–Kier alpha value is -2.08. The molecule has 6 heteroatoms. The number of carbonyl (C=O) groups excluding carboxylic acids is 2. The van der Waals surface area contributed by atoms with Crippen LogP contribution >= 0.6 is 0 Å². The molecule has 6 nitrogen and oxygen atoms in total. The summed E-state index contributed by atoms with van der Waals surface area (Å²) in [6, 6.07) is 7.98. The number of aryl methyl sites for hydroxylation is 1. The molecule has 2 rings (SSSR count). The molecule has 0 aliphatic carbocycles. The minimum absolute atomic E-state index is 0.244. The smallest absolute Gasteiger partial charge is 0.321 e. The highest BCUT2D eigenvalue weighted by Gasteiger charge is 2.27. The first-order chi connectivity index (χ1) is 11.5. The molecule has 24 heavy (non-hydrogen) atoms. The second-order valence-electron chi connectivity index (χ2n) is 6.29. The Morgan fingerprint density at radius 1 is 1.25 bits per heavy atom. The number of anilines is 1. The zero-order valence-corrected chi connectivity index (χ0v) is 14.8. The van der Waals surface area contributed by atoms with E-state index in [1.807, 2.05) is 26.0 Å². The third-order valence-electron chi connectivity index (χ3n) is 4.54. The highest BCUT2D eigenvalue weighted by Crippen LogP contribution is 2.20. The summed E-state index contributed by atoms with van der Waals surface area (Å²) in [4.78, 5) is 25.7. The molecule has 3 N–H and O–H groups in total. The van der Waals surface area contributed by atoms with Crippen LogP contribution in [0.2, 0.25) is 0 Å². The van der Waals surface area contributed by atoms with E-state index in [1.54, 1.807) is 0 Å². The van der Waals surface area contributed by atoms with E-state index in [4.69, 9.17) is 0 Å². The van der Waals surface area contributed by atoms with Crippen molar-refractivity contribution in [2.24, 2.45) is 0 Å². The number of para-hydroxylation sites is 1. The second kappa shape index (κ2) is 8.68. The summed E-state index contributed by atoms with van der Waals surface area (Å²) in [6.45, 7) is 7.96. The molecule has 1 aliphatic rings. The van der Waals surface area contributed by atoms with Crippen molar-refractivity contribution < 1.29 is 9.59 Å². The molecule has 1 fully saturated rings. The lowest BCUT2D eigenvalue weighted by atomic mass is 10.0. The maximum atomic E-state index is 12.1. The Kier molecular flexibility index (Phi) is 6.61. The maximum absolute atomic E-state index is 12.1. The average Bonchev–Trinajstić information content (AvgIpc) is 2.57. The second-order valence-corrected chi connectivity index (χ2v) is 6.29. The molecule has 0 unspecified atom stereocenters. The monoisotopic (exact) mass is 332 g/mol. The Labute approximate surface area is 144 Å². The van der Waals surface area contributed by atoms with Crippen LogP contribution in [0.5, 0.6) is 0 Å². The molecule has 0 aromatic heterocycles. The van der Waals surface area contributed by atoms with Gasteiger partial charge in [0.2, 0.25) is 5.91 Å². The van der Waals surface area contributed by atoms with Crippen molar-refractivity contribution in [3.05, 3.63) is 29.8 Å². The van der Waals surface area contributed by atoms with Crippen LogP contribution in [-0.4, -0.2) is 48.6 Å². The first kappa shape index (κ1) is 18.3. The summed E-state index contributed by atoms with van der Waals surface area (Å²) < 4.78 is 0. The lowest BCUT2D eigenvalue weighted by Gasteiger charge is -2.36. The van der Waals surface area contributed by atoms with Crippen molar-refractivity contribution in [1.82, 2.24) is 15.5 Å². The predicted octanol–water partition coefficient (Wildman–Crippen LogP) is 2.11. The van der Waals surface area contributed by atoms with Crippen LogP contribution in [0.15, 0.2) is 24.3 Å². The van der Waals surface area contributed by atoms with Gasteiger partial charge in [0, 0.05) is 31.4 Å². The van der Waals surface area contributed by atoms with Crippen LogP contribution in [0, 0.1) is 6.92 Å². The number of rotatable bonds is 5. The van der Waals surface area contributed by atoms with Crippen molar-refractivity contribution >= 4 is 17.6 Å². The lowest BCUT2D eigenvalue weighted by molar-refractivity contribution is -0.125. The largest absolute Gasteiger partial charge is 0.382 e. The van der Waals surface area contributed by atoms with Crippen LogP contribution in [-0.2, 0) is 4.79 Å². The molecule has 1 heterocycles. The van der Waals surface area contributed by atoms with E-state index in [0.717, 1.165) is 25.9 Å². The van der Waals surface area contributed by atoms with Gasteiger partial charge in [0.25, 0.3) is 0 Å². The summed E-state index contributed by atoms with van der Waals surface area (Å²) in [5.41, 5.74) is 2.42. The van der Waals surface area contributed by atoms with Crippen LogP contribution < -0.4 is 16.0 Å². The Bertz CT molecular complexity index is 568. The molecular weight excluding hydrogens is 304 g/mol. The molecule has 3 amide bonds. The first-order valence-electron chi connectivity index (χ1n) is 8.66. The van der Waals surface area contributed by atoms with Gasteiger partial charge in [-0.1, -0.05) is 18.2 Å². The summed E-state index contributed by atoms with van der Waals surface area (Å²) >= 11 is 0. The van der Waals surface area contributed by atoms with Crippen molar-refractivity contribution in [2.75, 3.05) is 25.0 Å². The fourth-order valence-electron chi connectivity index (χ4n) is 2.97. The molecule has 0 radical (unpaired) electrons. The summed E-state index contributed by atoms with van der Waals surface area (Å²) in [5.74, 6) is -0.244. The van der Waals surface area contributed by atoms with Crippen molar-refractivity contribution in [3.63, 3.8) is 0 Å². The van der Waals surface area contributed by atoms with E-state index in [-0.39, 0.29) is 11.9 Å². The number of urea groups is 1. The SMILES string of the molecule is CCNC(=O)NC(=O)[C@@H](C)N1CCC(Nc2ccccc2C)CC1. The zero-order valence-electron chi connectivity index (χ0n) is 14.8. The summed E-state index contributed by atoms with van der Waals surface area (Å²) in [5, 5.41) is 8.56. The number of hydrogen-bond donors (Lipinski definition) is 3. The quantitative estimate of drug-likeness (QED) is 0.772. The minimum Gasteiger partial charge on any atom is -0.382 e. The molecular formula is C18H28N4O2. The number of likely N-dealkylation sites (tertiary alicyclic amines) is 1. The molecule has 1 aliphatic heterocycles. The fourth-order valence-corrected chi connectivity index (χ4v) is 2.97. The van der Waals surface area contributed by atoms with Crippen molar-refractivity contribution in [3.8, 4) is 0 Å². The number of benzene rings is 1. The van der Waals surface area contributed by atoms with Crippen molar-refractivity contribution in [2.45, 2.75) is 45.7 Å². The fraction of sp³-hybridized carbons (Fsp3) is 0.556. The minimum atomic E-state index is -0.426. The summed E-state index contributed by atoms with van der Waals surface area (Å²) in [7, 11) is 0. The van der Waals surface area contributed by atoms with Gasteiger partial charge in [-0.15, -0.1) is 0 Å². The number of imide groups is 1. The van der Waals surface area contributed by atoms with Gasteiger partial charge in [-0.05, 0) is 45.2 Å². The zero-order chi connectivity index (χ0) is 17.5. The number of amides is 3. The maximum Gasteiger partial charge on any atom is 0.321 e. The van der Waals surface area contributed by atoms with Gasteiger partial charge in [0.05, 0.1) is 6.04 Å². The van der Waals surface area contributed by atoms with Crippen LogP contribution in [0.4, 0.5) is 10.5 Å². The molecule has 1 aromatic carbocycles. The van der Waals surface area contributed by atoms with E-state index in [1.165, 1.54) is 11.3 Å². The third-order valence-corrected chi connectivity index (χ3v) is 4.54. The Balaban J connectivity index is 1.80. The van der Waals surface area contributed by atoms with E-state index >= 15 is 0 Å². The van der Waals surface area contributed by atoms with Gasteiger partial charge in [0.15, 0.2) is 0 Å². The number of hydrogen-bond acceptors (Lipinski definition) is 4. The van der Waals surface area contributed by atoms with E-state index in [2.05, 4.69) is 39.9 Å². The molecule has 1 saturated heterocycles. The molecule has 0 saturated carbocycles. The van der Waals surface area contributed by atoms with E-state index in [9.17, 15) is 9.59 Å². The van der Waals surface area contributed by atoms with E-state index < -0.39 is 6.03 Å². The van der Waals surface area contributed by atoms with E-state index in [0.29, 0.717) is 12.6 Å². The van der Waals surface area contributed by atoms with Crippen molar-refractivity contribution in [1.29, 1.82) is 0 Å². The Morgan fingerprint density at radius 3 is 2.54 bits per heavy atom. The van der Waals surface area contributed by atoms with Gasteiger partial charge < -0.3 is 10.6 Å². The van der Waals surface area contributed by atoms with Gasteiger partial charge in [-0.25, -0.2) is 4.79 Å². The number of nitrogens with one attached hydrogen (secondary N) is 3. The van der Waals surface area contributed by atoms with Gasteiger partial charge in [-0.3, -0.25) is 15.0 Å². The molecule has 1 atom stereocenters. The number of carbonyl (C=O) groups is 2. The van der Waals surface area contributed by atoms with Crippen LogP contribution in [0.25, 0.3) is 0 Å². The first-order valence-corrected chi connectivity index (χ1v) is 8.66. The van der Waals surface area contributed by atoms with Crippen LogP contribution in [0.3, 0.4) is 0 Å². The number of piperidine rings is 1. The molecule has 132 valence electrons. The van der Waals surface area contributed by atoms with Crippen LogP contribution in [0.1, 0.15) is 32.3 Å². The standard InChI is InChI=1S/C18H28N4O2/c1-4-19-18(24)21-17(23)14(3)22-11-9-15(10-12-22)20-16-8-6-5-7-13(16)2/h5-8,14-15,20H,4,9-12H2,1-3H3,(H2,19,21,23,24)/t14-/m1/s1. The summed E-state index contributed by atoms with van der Waals surface area (Å²) in [6.07, 6.45) is 1.96. The predicted molar refractivity (Wildman–Crippen MR) is 96.1 cm³/mol. The highest BCUT2D eigenvalue weighted by atomic mass is 16.2. The lowest BCUT2D eigenvalue weighted by Crippen LogP contribution is -2.52. The molecule has 0 spiro atoms. The third kappa shape index (κ3) is 4.96. The van der Waals surface area contributed by atoms with Gasteiger partial charge in [0.1, 0.15) is 0 Å². The highest BCUT2D eigenvalue weighted by molar-refractivity contribution is 5.96. The van der Waals surface area contributed by atoms with Gasteiger partial charge in [-0.2, -0.15) is 0 Å². The molecule has 0 bridgehead atoms. The molecule has 1 aromatic rings.